The van der Waals surface area contributed by atoms with Gasteiger partial charge in [0.25, 0.3) is 0 Å². The summed E-state index contributed by atoms with van der Waals surface area (Å²) in [5.74, 6) is 0.0325. The van der Waals surface area contributed by atoms with Crippen LogP contribution in [-0.4, -0.2) is 66.6 Å². The molecule has 3 fully saturated rings. The molecule has 0 N–H and O–H groups in total. The third kappa shape index (κ3) is 4.51. The number of piperidine rings is 1. The number of benzene rings is 1. The lowest BCUT2D eigenvalue weighted by molar-refractivity contribution is -0.140. The van der Waals surface area contributed by atoms with Crippen molar-refractivity contribution in [2.45, 2.75) is 37.6 Å². The van der Waals surface area contributed by atoms with Gasteiger partial charge >= 0.3 is 12.2 Å². The molecule has 3 atom stereocenters. The first-order valence-corrected chi connectivity index (χ1v) is 10.3. The number of Topliss-reactive ketones (excluding diaryl/α,β-unsaturated/α-hetero) is 1. The largest absolute Gasteiger partial charge is 0.487 e. The number of amides is 2. The molecule has 1 aromatic carbocycles. The number of nitrogens with zero attached hydrogens (tertiary/aromatic N) is 2. The van der Waals surface area contributed by atoms with E-state index in [1.54, 1.807) is 9.80 Å². The van der Waals surface area contributed by atoms with Gasteiger partial charge < -0.3 is 19.3 Å². The fraction of sp³-hybridized carbons (Fsp3) is 0.600. The third-order valence-electron chi connectivity index (χ3n) is 5.85. The molecule has 1 unspecified atom stereocenters. The van der Waals surface area contributed by atoms with Crippen LogP contribution in [0.5, 0.6) is 5.75 Å². The van der Waals surface area contributed by atoms with Gasteiger partial charge in [-0.2, -0.15) is 13.2 Å². The van der Waals surface area contributed by atoms with E-state index in [1.165, 1.54) is 0 Å². The van der Waals surface area contributed by atoms with E-state index in [1.807, 2.05) is 0 Å². The molecule has 0 aliphatic carbocycles. The molecule has 30 heavy (non-hydrogen) atoms. The molecule has 3 saturated heterocycles. The first-order chi connectivity index (χ1) is 14.2. The van der Waals surface area contributed by atoms with Crippen molar-refractivity contribution in [2.24, 2.45) is 5.92 Å². The summed E-state index contributed by atoms with van der Waals surface area (Å²) in [6.07, 6.45) is -3.29. The quantitative estimate of drug-likeness (QED) is 0.696. The highest BCUT2D eigenvalue weighted by atomic mass is 35.5. The standard InChI is InChI=1S/C20H22ClF3N2O4/c21-16-2-1-13(20(22,23)24)8-18(16)30-15-3-5-26(10-15)19(28)25-6-4-17-12(9-25)7-14(27)11-29-17/h1-2,8,12,15,17H,3-7,9-11H2/t12-,15?,17+/m1/s1. The Kier molecular flexibility index (Phi) is 5.85. The zero-order valence-electron chi connectivity index (χ0n) is 16.2. The second-order valence-corrected chi connectivity index (χ2v) is 8.39. The Morgan fingerprint density at radius 1 is 1.17 bits per heavy atom. The highest BCUT2D eigenvalue weighted by Crippen LogP contribution is 2.36. The first-order valence-electron chi connectivity index (χ1n) is 9.91. The number of alkyl halides is 3. The van der Waals surface area contributed by atoms with E-state index >= 15 is 0 Å². The molecular formula is C20H22ClF3N2O4. The lowest BCUT2D eigenvalue weighted by atomic mass is 9.88. The van der Waals surface area contributed by atoms with Crippen molar-refractivity contribution in [3.63, 3.8) is 0 Å². The number of hydrogen-bond acceptors (Lipinski definition) is 4. The van der Waals surface area contributed by atoms with Crippen molar-refractivity contribution in [3.05, 3.63) is 28.8 Å². The van der Waals surface area contributed by atoms with Crippen LogP contribution in [0.1, 0.15) is 24.8 Å². The van der Waals surface area contributed by atoms with Crippen LogP contribution in [-0.2, 0) is 15.7 Å². The molecule has 3 aliphatic rings. The summed E-state index contributed by atoms with van der Waals surface area (Å²) in [7, 11) is 0. The topological polar surface area (TPSA) is 59.1 Å². The van der Waals surface area contributed by atoms with E-state index in [9.17, 15) is 22.8 Å². The number of likely N-dealkylation sites (tertiary alicyclic amines) is 2. The summed E-state index contributed by atoms with van der Waals surface area (Å²) >= 11 is 6.00. The van der Waals surface area contributed by atoms with Crippen molar-refractivity contribution < 1.29 is 32.2 Å². The molecule has 0 radical (unpaired) electrons. The number of ketones is 1. The molecule has 3 aliphatic heterocycles. The lowest BCUT2D eigenvalue weighted by Crippen LogP contribution is -2.53. The maximum atomic E-state index is 12.9. The average Bonchev–Trinajstić information content (AvgIpc) is 3.16. The highest BCUT2D eigenvalue weighted by Gasteiger charge is 2.39. The fourth-order valence-corrected chi connectivity index (χ4v) is 4.46. The van der Waals surface area contributed by atoms with Gasteiger partial charge in [0.2, 0.25) is 0 Å². The molecule has 2 amide bonds. The Hall–Kier alpha value is -2.00. The summed E-state index contributed by atoms with van der Waals surface area (Å²) in [5, 5.41) is 0.0943. The number of carbonyl (C=O) groups is 2. The second-order valence-electron chi connectivity index (χ2n) is 7.99. The molecule has 4 rings (SSSR count). The Balaban J connectivity index is 1.36. The van der Waals surface area contributed by atoms with Crippen molar-refractivity contribution in [2.75, 3.05) is 32.8 Å². The number of hydrogen-bond donors (Lipinski definition) is 0. The Bertz CT molecular complexity index is 835. The minimum atomic E-state index is -4.49. The number of ether oxygens (including phenoxy) is 2. The van der Waals surface area contributed by atoms with Crippen molar-refractivity contribution in [3.8, 4) is 5.75 Å². The SMILES string of the molecule is O=C1CO[C@H]2CCN(C(=O)N3CCC(Oc4cc(C(F)(F)F)ccc4Cl)C3)C[C@H]2C1. The zero-order valence-corrected chi connectivity index (χ0v) is 16.9. The van der Waals surface area contributed by atoms with Gasteiger partial charge in [0.15, 0.2) is 5.78 Å². The lowest BCUT2D eigenvalue weighted by Gasteiger charge is -2.41. The van der Waals surface area contributed by atoms with Crippen LogP contribution in [0.3, 0.4) is 0 Å². The van der Waals surface area contributed by atoms with Crippen molar-refractivity contribution in [1.82, 2.24) is 9.80 Å². The molecule has 0 bridgehead atoms. The van der Waals surface area contributed by atoms with Gasteiger partial charge in [-0.3, -0.25) is 4.79 Å². The van der Waals surface area contributed by atoms with Crippen LogP contribution in [0, 0.1) is 5.92 Å². The highest BCUT2D eigenvalue weighted by molar-refractivity contribution is 6.32. The summed E-state index contributed by atoms with van der Waals surface area (Å²) < 4.78 is 50.1. The van der Waals surface area contributed by atoms with E-state index in [2.05, 4.69) is 0 Å². The van der Waals surface area contributed by atoms with Crippen LogP contribution < -0.4 is 4.74 Å². The van der Waals surface area contributed by atoms with Crippen LogP contribution in [0.25, 0.3) is 0 Å². The molecule has 10 heteroatoms. The number of urea groups is 1. The molecule has 0 saturated carbocycles. The third-order valence-corrected chi connectivity index (χ3v) is 6.16. The summed E-state index contributed by atoms with van der Waals surface area (Å²) in [6.45, 7) is 1.89. The molecule has 3 heterocycles. The summed E-state index contributed by atoms with van der Waals surface area (Å²) in [4.78, 5) is 27.9. The van der Waals surface area contributed by atoms with Crippen LogP contribution in [0.15, 0.2) is 18.2 Å². The minimum absolute atomic E-state index is 0.0162. The monoisotopic (exact) mass is 446 g/mol. The zero-order chi connectivity index (χ0) is 21.5. The average molecular weight is 447 g/mol. The van der Waals surface area contributed by atoms with E-state index in [-0.39, 0.29) is 47.8 Å². The van der Waals surface area contributed by atoms with Gasteiger partial charge in [-0.05, 0) is 24.6 Å². The van der Waals surface area contributed by atoms with Gasteiger partial charge in [0, 0.05) is 38.4 Å². The number of halogens is 4. The Morgan fingerprint density at radius 3 is 2.67 bits per heavy atom. The summed E-state index contributed by atoms with van der Waals surface area (Å²) in [5.41, 5.74) is -0.833. The summed E-state index contributed by atoms with van der Waals surface area (Å²) in [6, 6.07) is 2.81. The minimum Gasteiger partial charge on any atom is -0.487 e. The normalized spacial score (nSPS) is 27.2. The number of carbonyl (C=O) groups excluding carboxylic acids is 2. The molecule has 1 aromatic rings. The molecular weight excluding hydrogens is 425 g/mol. The van der Waals surface area contributed by atoms with Crippen LogP contribution in [0.2, 0.25) is 5.02 Å². The molecule has 0 aromatic heterocycles. The Morgan fingerprint density at radius 2 is 1.90 bits per heavy atom. The van der Waals surface area contributed by atoms with Crippen LogP contribution >= 0.6 is 11.6 Å². The molecule has 6 nitrogen and oxygen atoms in total. The fourth-order valence-electron chi connectivity index (χ4n) is 4.30. The Labute approximate surface area is 176 Å². The van der Waals surface area contributed by atoms with Crippen LogP contribution in [0.4, 0.5) is 18.0 Å². The van der Waals surface area contributed by atoms with Gasteiger partial charge in [0.1, 0.15) is 18.5 Å². The predicted octanol–water partition coefficient (Wildman–Crippen LogP) is 3.61. The van der Waals surface area contributed by atoms with Crippen molar-refractivity contribution >= 4 is 23.4 Å². The second kappa shape index (κ2) is 8.26. The van der Waals surface area contributed by atoms with Gasteiger partial charge in [-0.25, -0.2) is 4.79 Å². The maximum Gasteiger partial charge on any atom is 0.416 e. The first kappa shape index (κ1) is 21.2. The number of rotatable bonds is 2. The van der Waals surface area contributed by atoms with E-state index < -0.39 is 17.8 Å². The smallest absolute Gasteiger partial charge is 0.416 e. The van der Waals surface area contributed by atoms with Gasteiger partial charge in [-0.1, -0.05) is 11.6 Å². The van der Waals surface area contributed by atoms with E-state index in [4.69, 9.17) is 21.1 Å². The maximum absolute atomic E-state index is 12.9. The predicted molar refractivity (Wildman–Crippen MR) is 102 cm³/mol. The van der Waals surface area contributed by atoms with Gasteiger partial charge in [-0.15, -0.1) is 0 Å². The number of fused-ring (bicyclic) bond motifs is 1. The van der Waals surface area contributed by atoms with E-state index in [0.717, 1.165) is 18.2 Å². The van der Waals surface area contributed by atoms with Crippen molar-refractivity contribution in [1.29, 1.82) is 0 Å². The molecule has 0 spiro atoms. The molecule has 164 valence electrons. The van der Waals surface area contributed by atoms with Gasteiger partial charge in [0.05, 0.1) is 23.2 Å². The van der Waals surface area contributed by atoms with E-state index in [0.29, 0.717) is 38.9 Å².